The van der Waals surface area contributed by atoms with Crippen molar-refractivity contribution >= 4 is 23.1 Å². The van der Waals surface area contributed by atoms with Crippen LogP contribution in [0.15, 0.2) is 54.7 Å². The van der Waals surface area contributed by atoms with Crippen molar-refractivity contribution in [2.45, 2.75) is 58.5 Å². The summed E-state index contributed by atoms with van der Waals surface area (Å²) in [4.78, 5) is 8.03. The summed E-state index contributed by atoms with van der Waals surface area (Å²) in [6, 6.07) is 15.2. The van der Waals surface area contributed by atoms with Crippen LogP contribution in [0.25, 0.3) is 0 Å². The van der Waals surface area contributed by atoms with Crippen LogP contribution in [0.2, 0.25) is 0 Å². The molecule has 32 heavy (non-hydrogen) atoms. The summed E-state index contributed by atoms with van der Waals surface area (Å²) in [7, 11) is 0. The number of anilines is 4. The third-order valence-electron chi connectivity index (χ3n) is 5.10. The van der Waals surface area contributed by atoms with Crippen molar-refractivity contribution in [3.8, 4) is 0 Å². The van der Waals surface area contributed by atoms with Gasteiger partial charge in [0, 0.05) is 17.6 Å². The molecule has 7 heteroatoms. The Morgan fingerprint density at radius 1 is 0.812 bits per heavy atom. The van der Waals surface area contributed by atoms with Crippen LogP contribution < -0.4 is 10.6 Å². The van der Waals surface area contributed by atoms with E-state index in [2.05, 4.69) is 34.4 Å². The molecule has 3 aromatic rings. The first-order valence-corrected chi connectivity index (χ1v) is 11.0. The number of aryl methyl sites for hydroxylation is 2. The van der Waals surface area contributed by atoms with Gasteiger partial charge < -0.3 is 10.6 Å². The van der Waals surface area contributed by atoms with Crippen molar-refractivity contribution < 1.29 is 13.2 Å². The first-order valence-electron chi connectivity index (χ1n) is 11.0. The fourth-order valence-corrected chi connectivity index (χ4v) is 3.44. The minimum Gasteiger partial charge on any atom is -0.340 e. The molecule has 0 atom stereocenters. The molecule has 2 aromatic carbocycles. The minimum atomic E-state index is -4.57. The summed E-state index contributed by atoms with van der Waals surface area (Å²) < 4.78 is 40.6. The highest BCUT2D eigenvalue weighted by atomic mass is 19.4. The molecule has 0 amide bonds. The molecule has 0 aliphatic rings. The number of unbranched alkanes of at least 4 members (excludes halogenated alkanes) is 2. The second kappa shape index (κ2) is 11.0. The molecule has 1 aromatic heterocycles. The largest absolute Gasteiger partial charge is 0.421 e. The highest BCUT2D eigenvalue weighted by molar-refractivity contribution is 5.63. The van der Waals surface area contributed by atoms with Crippen molar-refractivity contribution in [1.29, 1.82) is 0 Å². The van der Waals surface area contributed by atoms with E-state index in [9.17, 15) is 13.2 Å². The monoisotopic (exact) mass is 442 g/mol. The van der Waals surface area contributed by atoms with Gasteiger partial charge in [-0.05, 0) is 54.7 Å². The fraction of sp³-hybridized carbons (Fsp3) is 0.360. The SMILES string of the molecule is CCCCCc1ccc(Nc2ncc(C(F)(F)F)c(Nc3cccc(CCC)c3)n2)cc1. The number of nitrogens with one attached hydrogen (secondary N) is 2. The molecule has 170 valence electrons. The predicted octanol–water partition coefficient (Wildman–Crippen LogP) is 7.67. The number of nitrogens with zero attached hydrogens (tertiary/aromatic N) is 2. The van der Waals surface area contributed by atoms with Crippen LogP contribution in [0.1, 0.15) is 56.2 Å². The van der Waals surface area contributed by atoms with E-state index in [4.69, 9.17) is 0 Å². The number of rotatable bonds is 10. The molecule has 0 fully saturated rings. The number of hydrogen-bond donors (Lipinski definition) is 2. The average Bonchev–Trinajstić information content (AvgIpc) is 2.75. The van der Waals surface area contributed by atoms with Gasteiger partial charge in [0.15, 0.2) is 0 Å². The maximum absolute atomic E-state index is 13.5. The van der Waals surface area contributed by atoms with E-state index in [-0.39, 0.29) is 11.8 Å². The van der Waals surface area contributed by atoms with Gasteiger partial charge in [0.2, 0.25) is 5.95 Å². The summed E-state index contributed by atoms with van der Waals surface area (Å²) in [6.45, 7) is 4.23. The zero-order valence-electron chi connectivity index (χ0n) is 18.5. The number of halogens is 3. The Morgan fingerprint density at radius 2 is 1.59 bits per heavy atom. The summed E-state index contributed by atoms with van der Waals surface area (Å²) >= 11 is 0. The highest BCUT2D eigenvalue weighted by Gasteiger charge is 2.35. The van der Waals surface area contributed by atoms with E-state index in [0.717, 1.165) is 43.1 Å². The smallest absolute Gasteiger partial charge is 0.340 e. The van der Waals surface area contributed by atoms with E-state index >= 15 is 0 Å². The van der Waals surface area contributed by atoms with E-state index in [1.54, 1.807) is 6.07 Å². The molecule has 0 aliphatic heterocycles. The molecule has 0 bridgehead atoms. The van der Waals surface area contributed by atoms with Crippen LogP contribution in [0.5, 0.6) is 0 Å². The molecular formula is C25H29F3N4. The lowest BCUT2D eigenvalue weighted by molar-refractivity contribution is -0.137. The minimum absolute atomic E-state index is 0.101. The molecule has 0 aliphatic carbocycles. The number of aromatic nitrogens is 2. The van der Waals surface area contributed by atoms with Gasteiger partial charge in [-0.15, -0.1) is 0 Å². The van der Waals surface area contributed by atoms with E-state index in [1.165, 1.54) is 18.4 Å². The van der Waals surface area contributed by atoms with Crippen LogP contribution in [-0.4, -0.2) is 9.97 Å². The molecule has 0 saturated heterocycles. The van der Waals surface area contributed by atoms with Crippen molar-refractivity contribution in [1.82, 2.24) is 9.97 Å². The molecular weight excluding hydrogens is 413 g/mol. The van der Waals surface area contributed by atoms with E-state index < -0.39 is 11.7 Å². The lowest BCUT2D eigenvalue weighted by Gasteiger charge is -2.15. The van der Waals surface area contributed by atoms with Crippen molar-refractivity contribution in [3.63, 3.8) is 0 Å². The Hall–Kier alpha value is -3.09. The Morgan fingerprint density at radius 3 is 2.28 bits per heavy atom. The predicted molar refractivity (Wildman–Crippen MR) is 124 cm³/mol. The van der Waals surface area contributed by atoms with Gasteiger partial charge in [-0.1, -0.05) is 57.4 Å². The van der Waals surface area contributed by atoms with Gasteiger partial charge in [-0.2, -0.15) is 18.2 Å². The zero-order valence-corrected chi connectivity index (χ0v) is 18.5. The lowest BCUT2D eigenvalue weighted by atomic mass is 10.1. The molecule has 0 unspecified atom stereocenters. The Labute approximate surface area is 187 Å². The number of hydrogen-bond acceptors (Lipinski definition) is 4. The first-order chi connectivity index (χ1) is 15.4. The fourth-order valence-electron chi connectivity index (χ4n) is 3.44. The standard InChI is InChI=1S/C25H29F3N4/c1-3-5-6-9-18-12-14-20(15-13-18)31-24-29-17-22(25(26,27)28)23(32-24)30-21-11-7-10-19(16-21)8-4-2/h7,10-17H,3-6,8-9H2,1-2H3,(H2,29,30,31,32). The summed E-state index contributed by atoms with van der Waals surface area (Å²) in [5.41, 5.74) is 2.65. The average molecular weight is 443 g/mol. The van der Waals surface area contributed by atoms with Crippen LogP contribution >= 0.6 is 0 Å². The van der Waals surface area contributed by atoms with Gasteiger partial charge >= 0.3 is 6.18 Å². The molecule has 4 nitrogen and oxygen atoms in total. The van der Waals surface area contributed by atoms with Crippen LogP contribution in [-0.2, 0) is 19.0 Å². The van der Waals surface area contributed by atoms with Gasteiger partial charge in [0.05, 0.1) is 0 Å². The molecule has 2 N–H and O–H groups in total. The summed E-state index contributed by atoms with van der Waals surface area (Å²) in [5, 5.41) is 5.84. The summed E-state index contributed by atoms with van der Waals surface area (Å²) in [6.07, 6.45) is 2.56. The molecule has 0 spiro atoms. The van der Waals surface area contributed by atoms with E-state index in [1.807, 2.05) is 42.5 Å². The molecule has 0 radical (unpaired) electrons. The van der Waals surface area contributed by atoms with Gasteiger partial charge in [0.25, 0.3) is 0 Å². The van der Waals surface area contributed by atoms with Crippen molar-refractivity contribution in [2.75, 3.05) is 10.6 Å². The molecule has 0 saturated carbocycles. The van der Waals surface area contributed by atoms with Gasteiger partial charge in [-0.25, -0.2) is 4.98 Å². The Bertz CT molecular complexity index is 1000. The maximum Gasteiger partial charge on any atom is 0.421 e. The third kappa shape index (κ3) is 6.70. The quantitative estimate of drug-likeness (QED) is 0.316. The third-order valence-corrected chi connectivity index (χ3v) is 5.10. The second-order valence-corrected chi connectivity index (χ2v) is 7.81. The maximum atomic E-state index is 13.5. The Balaban J connectivity index is 1.80. The normalized spacial score (nSPS) is 11.4. The number of benzene rings is 2. The van der Waals surface area contributed by atoms with Gasteiger partial charge in [-0.3, -0.25) is 0 Å². The molecule has 3 rings (SSSR count). The molecule has 1 heterocycles. The van der Waals surface area contributed by atoms with Crippen LogP contribution in [0, 0.1) is 0 Å². The first kappa shape index (κ1) is 23.6. The van der Waals surface area contributed by atoms with Crippen molar-refractivity contribution in [2.24, 2.45) is 0 Å². The topological polar surface area (TPSA) is 49.8 Å². The van der Waals surface area contributed by atoms with Crippen LogP contribution in [0.3, 0.4) is 0 Å². The van der Waals surface area contributed by atoms with E-state index in [0.29, 0.717) is 5.69 Å². The Kier molecular flexibility index (Phi) is 8.09. The summed E-state index contributed by atoms with van der Waals surface area (Å²) in [5.74, 6) is -0.177. The lowest BCUT2D eigenvalue weighted by Crippen LogP contribution is -2.12. The highest BCUT2D eigenvalue weighted by Crippen LogP contribution is 2.35. The second-order valence-electron chi connectivity index (χ2n) is 7.81. The van der Waals surface area contributed by atoms with Crippen molar-refractivity contribution in [3.05, 3.63) is 71.4 Å². The number of alkyl halides is 3. The zero-order chi connectivity index (χ0) is 23.0. The van der Waals surface area contributed by atoms with Gasteiger partial charge in [0.1, 0.15) is 11.4 Å². The van der Waals surface area contributed by atoms with Crippen LogP contribution in [0.4, 0.5) is 36.3 Å².